The van der Waals surface area contributed by atoms with Crippen LogP contribution in [0.2, 0.25) is 0 Å². The SMILES string of the molecule is Nc1nnc(C(=O)N2[C@@H]3CC[C@H]2C[C@@H](c2nc4c(-c5ccc(C(N)(C(F)(F)F)C(F)(F)F)nc5)cnn4c(N)c2C2CC2)C3)[nH]1. The number of piperidine rings is 1. The van der Waals surface area contributed by atoms with E-state index in [0.717, 1.165) is 49.2 Å². The van der Waals surface area contributed by atoms with Crippen molar-refractivity contribution >= 4 is 23.3 Å². The summed E-state index contributed by atoms with van der Waals surface area (Å²) in [6.07, 6.45) is -4.75. The van der Waals surface area contributed by atoms with E-state index in [2.05, 4.69) is 25.3 Å². The van der Waals surface area contributed by atoms with Gasteiger partial charge in [-0.05, 0) is 50.5 Å². The number of carbonyl (C=O) groups is 1. The molecule has 3 aliphatic rings. The fraction of sp³-hybridized carbons (Fsp3) is 0.481. The Morgan fingerprint density at radius 1 is 0.911 bits per heavy atom. The van der Waals surface area contributed by atoms with Gasteiger partial charge in [0, 0.05) is 40.9 Å². The Bertz CT molecular complexity index is 1770. The summed E-state index contributed by atoms with van der Waals surface area (Å²) in [6.45, 7) is 0. The molecule has 1 aliphatic carbocycles. The Morgan fingerprint density at radius 2 is 1.58 bits per heavy atom. The lowest BCUT2D eigenvalue weighted by atomic mass is 9.85. The van der Waals surface area contributed by atoms with Crippen LogP contribution in [0.4, 0.5) is 38.1 Å². The summed E-state index contributed by atoms with van der Waals surface area (Å²) in [5.41, 5.74) is 13.6. The number of fused-ring (bicyclic) bond motifs is 3. The van der Waals surface area contributed by atoms with E-state index < -0.39 is 23.6 Å². The van der Waals surface area contributed by atoms with Crippen LogP contribution >= 0.6 is 0 Å². The number of H-pyrrole nitrogens is 1. The minimum Gasteiger partial charge on any atom is -0.383 e. The number of amides is 1. The number of rotatable bonds is 5. The molecule has 0 spiro atoms. The van der Waals surface area contributed by atoms with Crippen LogP contribution in [0.3, 0.4) is 0 Å². The molecule has 12 nitrogen and oxygen atoms in total. The van der Waals surface area contributed by atoms with Gasteiger partial charge in [0.05, 0.1) is 17.6 Å². The lowest BCUT2D eigenvalue weighted by molar-refractivity contribution is -0.303. The molecule has 7 rings (SSSR count). The van der Waals surface area contributed by atoms with Gasteiger partial charge in [-0.25, -0.2) is 4.98 Å². The summed E-state index contributed by atoms with van der Waals surface area (Å²) in [5, 5.41) is 11.9. The minimum atomic E-state index is -5.84. The van der Waals surface area contributed by atoms with Gasteiger partial charge in [0.1, 0.15) is 5.82 Å². The predicted octanol–water partition coefficient (Wildman–Crippen LogP) is 3.78. The highest BCUT2D eigenvalue weighted by atomic mass is 19.4. The third-order valence-electron chi connectivity index (χ3n) is 9.17. The molecule has 1 amide bonds. The molecule has 4 aromatic heterocycles. The van der Waals surface area contributed by atoms with Crippen LogP contribution in [0.1, 0.15) is 77.9 Å². The number of alkyl halides is 6. The summed E-state index contributed by atoms with van der Waals surface area (Å²) < 4.78 is 82.4. The van der Waals surface area contributed by atoms with Crippen molar-refractivity contribution in [1.29, 1.82) is 0 Å². The van der Waals surface area contributed by atoms with Crippen LogP contribution in [0.25, 0.3) is 16.8 Å². The lowest BCUT2D eigenvalue weighted by Crippen LogP contribution is -2.61. The second-order valence-corrected chi connectivity index (χ2v) is 11.9. The Labute approximate surface area is 250 Å². The van der Waals surface area contributed by atoms with Crippen LogP contribution < -0.4 is 17.2 Å². The van der Waals surface area contributed by atoms with E-state index in [1.807, 2.05) is 4.90 Å². The number of aromatic nitrogens is 7. The molecule has 0 radical (unpaired) electrons. The van der Waals surface area contributed by atoms with Crippen LogP contribution in [-0.4, -0.2) is 70.0 Å². The quantitative estimate of drug-likeness (QED) is 0.237. The number of aromatic amines is 1. The number of nitrogens with two attached hydrogens (primary N) is 3. The van der Waals surface area contributed by atoms with Gasteiger partial charge in [-0.2, -0.15) is 36.0 Å². The molecule has 7 N–H and O–H groups in total. The first kappa shape index (κ1) is 29.2. The molecule has 1 saturated carbocycles. The van der Waals surface area contributed by atoms with Gasteiger partial charge in [-0.3, -0.25) is 9.78 Å². The van der Waals surface area contributed by atoms with Gasteiger partial charge >= 0.3 is 12.4 Å². The van der Waals surface area contributed by atoms with Crippen LogP contribution in [-0.2, 0) is 5.54 Å². The molecule has 3 atom stereocenters. The molecule has 238 valence electrons. The molecular formula is C27H27F6N11O. The maximum atomic E-state index is 13.5. The number of pyridine rings is 1. The van der Waals surface area contributed by atoms with Gasteiger partial charge in [-0.1, -0.05) is 6.07 Å². The largest absolute Gasteiger partial charge is 0.421 e. The van der Waals surface area contributed by atoms with E-state index in [9.17, 15) is 31.1 Å². The van der Waals surface area contributed by atoms with Crippen molar-refractivity contribution in [2.75, 3.05) is 11.5 Å². The monoisotopic (exact) mass is 635 g/mol. The first-order valence-corrected chi connectivity index (χ1v) is 14.3. The normalized spacial score (nSPS) is 22.4. The standard InChI is InChI=1S/C27H27F6N11O/c28-26(29,30)25(36,27(31,32)33)17-6-3-12(9-37-17)16-10-38-44-20(34)18(11-1-2-11)19(39-22(16)44)13-7-14-4-5-15(8-13)43(14)23(45)21-40-24(35)42-41-21/h3,6,9-11,13-15H,1-2,4-5,7-8,34,36H2,(H3,35,40,41,42)/t13-,14+,15-. The van der Waals surface area contributed by atoms with Gasteiger partial charge in [-0.15, -0.1) is 10.2 Å². The van der Waals surface area contributed by atoms with Crippen LogP contribution in [0, 0.1) is 0 Å². The molecule has 45 heavy (non-hydrogen) atoms. The Morgan fingerprint density at radius 3 is 2.11 bits per heavy atom. The average molecular weight is 636 g/mol. The predicted molar refractivity (Wildman–Crippen MR) is 146 cm³/mol. The van der Waals surface area contributed by atoms with Gasteiger partial charge in [0.15, 0.2) is 5.65 Å². The number of nitrogens with zero attached hydrogens (tertiary/aromatic N) is 7. The fourth-order valence-electron chi connectivity index (χ4n) is 6.81. The topological polar surface area (TPSA) is 183 Å². The number of nitrogens with one attached hydrogen (secondary N) is 1. The van der Waals surface area contributed by atoms with Crippen LogP contribution in [0.5, 0.6) is 0 Å². The summed E-state index contributed by atoms with van der Waals surface area (Å²) in [7, 11) is 0. The van der Waals surface area contributed by atoms with Gasteiger partial charge in [0.2, 0.25) is 11.8 Å². The van der Waals surface area contributed by atoms with Gasteiger partial charge < -0.3 is 27.1 Å². The zero-order valence-corrected chi connectivity index (χ0v) is 23.4. The molecule has 6 heterocycles. The maximum Gasteiger partial charge on any atom is 0.421 e. The molecule has 0 unspecified atom stereocenters. The lowest BCUT2D eigenvalue weighted by Gasteiger charge is -2.39. The molecule has 18 heteroatoms. The summed E-state index contributed by atoms with van der Waals surface area (Å²) in [5.74, 6) is 0.336. The highest BCUT2D eigenvalue weighted by Crippen LogP contribution is 2.51. The highest BCUT2D eigenvalue weighted by Gasteiger charge is 2.70. The highest BCUT2D eigenvalue weighted by molar-refractivity contribution is 5.91. The van der Waals surface area contributed by atoms with Gasteiger partial charge in [0.25, 0.3) is 11.4 Å². The van der Waals surface area contributed by atoms with Crippen molar-refractivity contribution in [3.63, 3.8) is 0 Å². The van der Waals surface area contributed by atoms with Crippen molar-refractivity contribution in [1.82, 2.24) is 39.7 Å². The fourth-order valence-corrected chi connectivity index (χ4v) is 6.81. The first-order chi connectivity index (χ1) is 21.2. The number of carbonyl (C=O) groups excluding carboxylic acids is 1. The van der Waals surface area contributed by atoms with E-state index in [4.69, 9.17) is 22.2 Å². The van der Waals surface area contributed by atoms with E-state index >= 15 is 0 Å². The molecule has 2 bridgehead atoms. The second kappa shape index (κ2) is 9.76. The molecule has 0 aromatic carbocycles. The number of hydrogen-bond acceptors (Lipinski definition) is 9. The summed E-state index contributed by atoms with van der Waals surface area (Å²) in [4.78, 5) is 26.3. The van der Waals surface area contributed by atoms with Crippen molar-refractivity contribution in [3.05, 3.63) is 47.3 Å². The smallest absolute Gasteiger partial charge is 0.383 e. The second-order valence-electron chi connectivity index (χ2n) is 11.9. The number of halogens is 6. The zero-order chi connectivity index (χ0) is 32.1. The Hall–Kier alpha value is -4.48. The maximum absolute atomic E-state index is 13.5. The van der Waals surface area contributed by atoms with E-state index in [1.54, 1.807) is 0 Å². The molecular weight excluding hydrogens is 608 g/mol. The van der Waals surface area contributed by atoms with Crippen molar-refractivity contribution in [2.45, 2.75) is 80.3 Å². The number of nitrogen functional groups attached to an aromatic ring is 2. The van der Waals surface area contributed by atoms with Crippen molar-refractivity contribution < 1.29 is 31.1 Å². The van der Waals surface area contributed by atoms with E-state index in [0.29, 0.717) is 30.3 Å². The zero-order valence-electron chi connectivity index (χ0n) is 23.4. The van der Waals surface area contributed by atoms with Crippen molar-refractivity contribution in [3.8, 4) is 11.1 Å². The number of hydrogen-bond donors (Lipinski definition) is 4. The average Bonchev–Trinajstić information content (AvgIpc) is 3.47. The molecule has 2 aliphatic heterocycles. The van der Waals surface area contributed by atoms with Crippen molar-refractivity contribution in [2.24, 2.45) is 5.73 Å². The molecule has 3 fully saturated rings. The third kappa shape index (κ3) is 4.47. The molecule has 4 aromatic rings. The minimum absolute atomic E-state index is 0.0483. The number of anilines is 2. The first-order valence-electron chi connectivity index (χ1n) is 14.3. The van der Waals surface area contributed by atoms with E-state index in [-0.39, 0.29) is 52.8 Å². The Kier molecular flexibility index (Phi) is 6.34. The Balaban J connectivity index is 1.25. The van der Waals surface area contributed by atoms with E-state index in [1.165, 1.54) is 10.7 Å². The summed E-state index contributed by atoms with van der Waals surface area (Å²) >= 11 is 0. The van der Waals surface area contributed by atoms with Crippen LogP contribution in [0.15, 0.2) is 24.5 Å². The third-order valence-corrected chi connectivity index (χ3v) is 9.17. The summed E-state index contributed by atoms with van der Waals surface area (Å²) in [6, 6.07) is 1.51. The molecule has 2 saturated heterocycles.